The fourth-order valence-electron chi connectivity index (χ4n) is 2.04. The molecule has 0 aliphatic heterocycles. The summed E-state index contributed by atoms with van der Waals surface area (Å²) in [4.78, 5) is 13.2. The predicted octanol–water partition coefficient (Wildman–Crippen LogP) is 3.16. The number of rotatable bonds is 5. The molecule has 0 aliphatic rings. The van der Waals surface area contributed by atoms with E-state index < -0.39 is 5.82 Å². The van der Waals surface area contributed by atoms with E-state index in [1.54, 1.807) is 30.3 Å². The largest absolute Gasteiger partial charge is 0.326 e. The van der Waals surface area contributed by atoms with Crippen LogP contribution in [0.3, 0.4) is 0 Å². The minimum Gasteiger partial charge on any atom is -0.326 e. The van der Waals surface area contributed by atoms with Crippen molar-refractivity contribution < 1.29 is 9.18 Å². The lowest BCUT2D eigenvalue weighted by Gasteiger charge is -2.04. The average molecular weight is 346 g/mol. The van der Waals surface area contributed by atoms with Crippen LogP contribution in [-0.2, 0) is 11.3 Å². The van der Waals surface area contributed by atoms with Crippen molar-refractivity contribution in [2.75, 3.05) is 5.32 Å². The highest BCUT2D eigenvalue weighted by Crippen LogP contribution is 2.17. The Balaban J connectivity index is 1.57. The maximum Gasteiger partial charge on any atom is 0.226 e. The van der Waals surface area contributed by atoms with E-state index in [1.807, 2.05) is 0 Å². The molecule has 0 radical (unpaired) electrons. The van der Waals surface area contributed by atoms with Gasteiger partial charge in [-0.2, -0.15) is 4.80 Å². The molecule has 0 bridgehead atoms. The highest BCUT2D eigenvalue weighted by atomic mass is 35.5. The number of aromatic nitrogens is 4. The number of aryl methyl sites for hydroxylation is 1. The number of carbonyl (C=O) groups is 1. The molecule has 0 saturated heterocycles. The van der Waals surface area contributed by atoms with Crippen LogP contribution < -0.4 is 5.32 Å². The Bertz CT molecular complexity index is 850. The van der Waals surface area contributed by atoms with Crippen molar-refractivity contribution in [3.8, 4) is 11.4 Å². The van der Waals surface area contributed by atoms with Crippen molar-refractivity contribution in [2.45, 2.75) is 13.0 Å². The molecule has 0 aliphatic carbocycles. The fourth-order valence-corrected chi connectivity index (χ4v) is 2.17. The summed E-state index contributed by atoms with van der Waals surface area (Å²) < 4.78 is 13.1. The molecule has 24 heavy (non-hydrogen) atoms. The van der Waals surface area contributed by atoms with E-state index >= 15 is 0 Å². The van der Waals surface area contributed by atoms with Crippen LogP contribution >= 0.6 is 11.6 Å². The van der Waals surface area contributed by atoms with Gasteiger partial charge >= 0.3 is 0 Å². The van der Waals surface area contributed by atoms with Crippen LogP contribution in [-0.4, -0.2) is 26.1 Å². The summed E-state index contributed by atoms with van der Waals surface area (Å²) in [5.74, 6) is -0.207. The molecule has 0 fully saturated rings. The number of carbonyl (C=O) groups excluding carboxylic acids is 1. The van der Waals surface area contributed by atoms with Crippen molar-refractivity contribution in [1.29, 1.82) is 0 Å². The Morgan fingerprint density at radius 1 is 1.21 bits per heavy atom. The van der Waals surface area contributed by atoms with Crippen LogP contribution in [0.5, 0.6) is 0 Å². The number of amides is 1. The minimum atomic E-state index is -0.404. The molecule has 8 heteroatoms. The smallest absolute Gasteiger partial charge is 0.226 e. The first kappa shape index (κ1) is 16.1. The third-order valence-electron chi connectivity index (χ3n) is 3.20. The summed E-state index contributed by atoms with van der Waals surface area (Å²) in [6.45, 7) is 0.266. The fraction of sp³-hybridized carbons (Fsp3) is 0.125. The minimum absolute atomic E-state index is 0.146. The lowest BCUT2D eigenvalue weighted by molar-refractivity contribution is -0.116. The van der Waals surface area contributed by atoms with Crippen LogP contribution in [0.15, 0.2) is 48.5 Å². The van der Waals surface area contributed by atoms with E-state index in [2.05, 4.69) is 20.7 Å². The van der Waals surface area contributed by atoms with Gasteiger partial charge in [0.05, 0.1) is 6.54 Å². The van der Waals surface area contributed by atoms with E-state index in [0.29, 0.717) is 16.5 Å². The van der Waals surface area contributed by atoms with Crippen molar-refractivity contribution in [2.24, 2.45) is 0 Å². The lowest BCUT2D eigenvalue weighted by atomic mass is 10.2. The predicted molar refractivity (Wildman–Crippen MR) is 87.9 cm³/mol. The van der Waals surface area contributed by atoms with Crippen LogP contribution in [0.2, 0.25) is 5.02 Å². The summed E-state index contributed by atoms with van der Waals surface area (Å²) in [6, 6.07) is 12.8. The van der Waals surface area contributed by atoms with Gasteiger partial charge in [-0.3, -0.25) is 4.79 Å². The zero-order chi connectivity index (χ0) is 16.9. The number of hydrogen-bond donors (Lipinski definition) is 1. The Hall–Kier alpha value is -2.80. The summed E-state index contributed by atoms with van der Waals surface area (Å²) in [5, 5.41) is 15.3. The summed E-state index contributed by atoms with van der Waals surface area (Å²) in [5.41, 5.74) is 1.20. The molecule has 1 heterocycles. The van der Waals surface area contributed by atoms with E-state index in [0.717, 1.165) is 5.56 Å². The Kier molecular flexibility index (Phi) is 4.81. The van der Waals surface area contributed by atoms with Crippen LogP contribution in [0.1, 0.15) is 6.42 Å². The Morgan fingerprint density at radius 2 is 2.00 bits per heavy atom. The maximum absolute atomic E-state index is 13.1. The number of nitrogens with zero attached hydrogens (tertiary/aromatic N) is 4. The maximum atomic E-state index is 13.1. The quantitative estimate of drug-likeness (QED) is 0.771. The molecule has 1 N–H and O–H groups in total. The van der Waals surface area contributed by atoms with Gasteiger partial charge in [0.2, 0.25) is 11.7 Å². The van der Waals surface area contributed by atoms with Crippen molar-refractivity contribution in [3.63, 3.8) is 0 Å². The van der Waals surface area contributed by atoms with Gasteiger partial charge in [0.1, 0.15) is 5.82 Å². The second-order valence-electron chi connectivity index (χ2n) is 5.02. The zero-order valence-electron chi connectivity index (χ0n) is 12.5. The number of tetrazole rings is 1. The molecule has 6 nitrogen and oxygen atoms in total. The number of hydrogen-bond acceptors (Lipinski definition) is 4. The normalized spacial score (nSPS) is 10.6. The number of benzene rings is 2. The van der Waals surface area contributed by atoms with Crippen LogP contribution in [0.25, 0.3) is 11.4 Å². The standard InChI is InChI=1S/C16H13ClFN5O/c17-12-6-4-11(5-7-12)16-20-22-23(21-16)9-8-15(24)19-14-3-1-2-13(18)10-14/h1-7,10H,8-9H2,(H,19,24). The van der Waals surface area contributed by atoms with Gasteiger partial charge in [-0.1, -0.05) is 17.7 Å². The number of halogens is 2. The topological polar surface area (TPSA) is 72.7 Å². The number of anilines is 1. The third kappa shape index (κ3) is 4.14. The van der Waals surface area contributed by atoms with Gasteiger partial charge in [0, 0.05) is 22.7 Å². The number of nitrogens with one attached hydrogen (secondary N) is 1. The van der Waals surface area contributed by atoms with E-state index in [9.17, 15) is 9.18 Å². The van der Waals surface area contributed by atoms with Gasteiger partial charge < -0.3 is 5.32 Å². The van der Waals surface area contributed by atoms with Gasteiger partial charge in [0.15, 0.2) is 0 Å². The van der Waals surface area contributed by atoms with E-state index in [4.69, 9.17) is 11.6 Å². The zero-order valence-corrected chi connectivity index (χ0v) is 13.2. The molecule has 1 aromatic heterocycles. The van der Waals surface area contributed by atoms with Gasteiger partial charge in [0.25, 0.3) is 0 Å². The van der Waals surface area contributed by atoms with E-state index in [1.165, 1.54) is 23.0 Å². The van der Waals surface area contributed by atoms with Crippen molar-refractivity contribution in [1.82, 2.24) is 20.2 Å². The molecule has 122 valence electrons. The Labute approximate surface area is 142 Å². The average Bonchev–Trinajstić information content (AvgIpc) is 3.03. The third-order valence-corrected chi connectivity index (χ3v) is 3.45. The summed E-state index contributed by atoms with van der Waals surface area (Å²) in [7, 11) is 0. The first-order valence-corrected chi connectivity index (χ1v) is 7.57. The van der Waals surface area contributed by atoms with Crippen molar-refractivity contribution >= 4 is 23.2 Å². The highest BCUT2D eigenvalue weighted by Gasteiger charge is 2.08. The summed E-state index contributed by atoms with van der Waals surface area (Å²) >= 11 is 5.84. The SMILES string of the molecule is O=C(CCn1nnc(-c2ccc(Cl)cc2)n1)Nc1cccc(F)c1. The molecule has 3 rings (SSSR count). The Morgan fingerprint density at radius 3 is 2.75 bits per heavy atom. The van der Waals surface area contributed by atoms with Gasteiger partial charge in [-0.05, 0) is 47.7 Å². The molecule has 0 atom stereocenters. The summed E-state index contributed by atoms with van der Waals surface area (Å²) in [6.07, 6.45) is 0.146. The molecule has 0 unspecified atom stereocenters. The van der Waals surface area contributed by atoms with Gasteiger partial charge in [-0.15, -0.1) is 10.2 Å². The molecular weight excluding hydrogens is 333 g/mol. The second-order valence-corrected chi connectivity index (χ2v) is 5.46. The van der Waals surface area contributed by atoms with Crippen molar-refractivity contribution in [3.05, 3.63) is 59.4 Å². The van der Waals surface area contributed by atoms with Crippen LogP contribution in [0, 0.1) is 5.82 Å². The second kappa shape index (κ2) is 7.18. The van der Waals surface area contributed by atoms with E-state index in [-0.39, 0.29) is 18.9 Å². The lowest BCUT2D eigenvalue weighted by Crippen LogP contribution is -2.15. The molecule has 3 aromatic rings. The molecule has 2 aromatic carbocycles. The molecule has 0 saturated carbocycles. The monoisotopic (exact) mass is 345 g/mol. The highest BCUT2D eigenvalue weighted by molar-refractivity contribution is 6.30. The molecular formula is C16H13ClFN5O. The van der Waals surface area contributed by atoms with Gasteiger partial charge in [-0.25, -0.2) is 4.39 Å². The van der Waals surface area contributed by atoms with Crippen LogP contribution in [0.4, 0.5) is 10.1 Å². The first-order valence-electron chi connectivity index (χ1n) is 7.19. The molecule has 1 amide bonds. The molecule has 0 spiro atoms. The first-order chi connectivity index (χ1) is 11.6.